The molecule has 6 heteroatoms. The second kappa shape index (κ2) is 7.04. The van der Waals surface area contributed by atoms with Gasteiger partial charge >= 0.3 is 5.97 Å². The first-order valence-electron chi connectivity index (χ1n) is 5.17. The largest absolute Gasteiger partial charge is 0.480 e. The second-order valence-electron chi connectivity index (χ2n) is 3.47. The number of benzene rings is 1. The molecule has 0 aromatic heterocycles. The predicted molar refractivity (Wildman–Crippen MR) is 61.5 cm³/mol. The minimum atomic E-state index is -1.12. The normalized spacial score (nSPS) is 9.50. The van der Waals surface area contributed by atoms with Gasteiger partial charge in [0.2, 0.25) is 5.91 Å². The van der Waals surface area contributed by atoms with Crippen molar-refractivity contribution in [1.82, 2.24) is 5.32 Å². The molecule has 0 bridgehead atoms. The molecule has 0 aliphatic rings. The van der Waals surface area contributed by atoms with Gasteiger partial charge in [-0.25, -0.2) is 4.79 Å². The Morgan fingerprint density at radius 3 is 2.50 bits per heavy atom. The number of nitrogens with one attached hydrogen (secondary N) is 1. The number of hydrogen-bond donors (Lipinski definition) is 2. The molecule has 94 valence electrons. The standard InChI is InChI=1S/C12H12N2O4/c13-5-9-1-3-10(4-2-9)6-14-11(15)7-18-8-12(16)17/h1-4H,6-8H2,(H,14,15)(H,16,17). The van der Waals surface area contributed by atoms with Crippen molar-refractivity contribution in [1.29, 1.82) is 5.26 Å². The summed E-state index contributed by atoms with van der Waals surface area (Å²) in [6.45, 7) is -0.478. The van der Waals surface area contributed by atoms with Crippen LogP contribution in [0.1, 0.15) is 11.1 Å². The minimum absolute atomic E-state index is 0.289. The number of carboxylic acids is 1. The molecule has 18 heavy (non-hydrogen) atoms. The van der Waals surface area contributed by atoms with E-state index in [0.29, 0.717) is 12.1 Å². The lowest BCUT2D eigenvalue weighted by atomic mass is 10.1. The highest BCUT2D eigenvalue weighted by Crippen LogP contribution is 2.02. The maximum absolute atomic E-state index is 11.2. The lowest BCUT2D eigenvalue weighted by Gasteiger charge is -2.05. The molecule has 0 atom stereocenters. The molecular formula is C12H12N2O4. The zero-order chi connectivity index (χ0) is 13.4. The first-order valence-corrected chi connectivity index (χ1v) is 5.17. The van der Waals surface area contributed by atoms with Crippen LogP contribution < -0.4 is 5.32 Å². The summed E-state index contributed by atoms with van der Waals surface area (Å²) in [5, 5.41) is 19.5. The van der Waals surface area contributed by atoms with E-state index >= 15 is 0 Å². The Labute approximate surface area is 104 Å². The fraction of sp³-hybridized carbons (Fsp3) is 0.250. The van der Waals surface area contributed by atoms with E-state index in [0.717, 1.165) is 5.56 Å². The molecule has 0 saturated carbocycles. The summed E-state index contributed by atoms with van der Waals surface area (Å²) in [7, 11) is 0. The summed E-state index contributed by atoms with van der Waals surface area (Å²) in [5.41, 5.74) is 1.40. The molecule has 1 amide bonds. The van der Waals surface area contributed by atoms with E-state index in [-0.39, 0.29) is 12.5 Å². The van der Waals surface area contributed by atoms with Gasteiger partial charge in [0.05, 0.1) is 11.6 Å². The lowest BCUT2D eigenvalue weighted by Crippen LogP contribution is -2.28. The van der Waals surface area contributed by atoms with Gasteiger partial charge in [0.25, 0.3) is 0 Å². The number of amides is 1. The van der Waals surface area contributed by atoms with E-state index in [1.54, 1.807) is 24.3 Å². The molecule has 0 radical (unpaired) electrons. The van der Waals surface area contributed by atoms with Gasteiger partial charge in [0.15, 0.2) is 0 Å². The molecule has 1 aromatic rings. The fourth-order valence-corrected chi connectivity index (χ4v) is 1.18. The summed E-state index contributed by atoms with van der Waals surface area (Å²) in [6.07, 6.45) is 0. The zero-order valence-electron chi connectivity index (χ0n) is 9.55. The van der Waals surface area contributed by atoms with Gasteiger partial charge in [-0.1, -0.05) is 12.1 Å². The van der Waals surface area contributed by atoms with Crippen LogP contribution in [-0.2, 0) is 20.9 Å². The third-order valence-electron chi connectivity index (χ3n) is 2.03. The molecule has 1 rings (SSSR count). The number of carbonyl (C=O) groups excluding carboxylic acids is 1. The highest BCUT2D eigenvalue weighted by molar-refractivity contribution is 5.77. The number of nitrogens with zero attached hydrogens (tertiary/aromatic N) is 1. The molecule has 0 spiro atoms. The van der Waals surface area contributed by atoms with Gasteiger partial charge in [-0.15, -0.1) is 0 Å². The Morgan fingerprint density at radius 2 is 1.94 bits per heavy atom. The quantitative estimate of drug-likeness (QED) is 0.753. The molecule has 0 heterocycles. The van der Waals surface area contributed by atoms with Crippen molar-refractivity contribution in [3.8, 4) is 6.07 Å². The molecule has 0 saturated heterocycles. The topological polar surface area (TPSA) is 99.4 Å². The average Bonchev–Trinajstić information content (AvgIpc) is 2.36. The van der Waals surface area contributed by atoms with Gasteiger partial charge in [-0.2, -0.15) is 5.26 Å². The average molecular weight is 248 g/mol. The van der Waals surface area contributed by atoms with Gasteiger partial charge in [0, 0.05) is 6.54 Å². The number of nitriles is 1. The Morgan fingerprint density at radius 1 is 1.28 bits per heavy atom. The predicted octanol–water partition coefficient (Wildman–Crippen LogP) is 0.276. The SMILES string of the molecule is N#Cc1ccc(CNC(=O)COCC(=O)O)cc1. The highest BCUT2D eigenvalue weighted by Gasteiger charge is 2.03. The van der Waals surface area contributed by atoms with Crippen molar-refractivity contribution in [2.45, 2.75) is 6.54 Å². The Balaban J connectivity index is 2.29. The first-order chi connectivity index (χ1) is 8.61. The van der Waals surface area contributed by atoms with E-state index in [9.17, 15) is 9.59 Å². The van der Waals surface area contributed by atoms with Gasteiger partial charge < -0.3 is 15.2 Å². The molecule has 2 N–H and O–H groups in total. The Bertz CT molecular complexity index is 462. The molecule has 0 unspecified atom stereocenters. The maximum Gasteiger partial charge on any atom is 0.329 e. The van der Waals surface area contributed by atoms with Crippen molar-refractivity contribution < 1.29 is 19.4 Å². The molecule has 0 fully saturated rings. The van der Waals surface area contributed by atoms with Crippen molar-refractivity contribution in [3.05, 3.63) is 35.4 Å². The zero-order valence-corrected chi connectivity index (χ0v) is 9.55. The van der Waals surface area contributed by atoms with E-state index in [1.165, 1.54) is 0 Å². The monoisotopic (exact) mass is 248 g/mol. The summed E-state index contributed by atoms with van der Waals surface area (Å²) >= 11 is 0. The number of carbonyl (C=O) groups is 2. The maximum atomic E-state index is 11.2. The van der Waals surface area contributed by atoms with E-state index in [4.69, 9.17) is 10.4 Å². The molecule has 1 aromatic carbocycles. The number of rotatable bonds is 6. The van der Waals surface area contributed by atoms with Gasteiger partial charge in [-0.3, -0.25) is 4.79 Å². The van der Waals surface area contributed by atoms with Crippen molar-refractivity contribution in [2.75, 3.05) is 13.2 Å². The summed E-state index contributed by atoms with van der Waals surface area (Å²) in [5.74, 6) is -1.50. The van der Waals surface area contributed by atoms with Gasteiger partial charge in [-0.05, 0) is 17.7 Å². The van der Waals surface area contributed by atoms with Crippen molar-refractivity contribution >= 4 is 11.9 Å². The van der Waals surface area contributed by atoms with Crippen LogP contribution in [0.4, 0.5) is 0 Å². The summed E-state index contributed by atoms with van der Waals surface area (Å²) in [6, 6.07) is 8.77. The van der Waals surface area contributed by atoms with Crippen LogP contribution in [0.3, 0.4) is 0 Å². The van der Waals surface area contributed by atoms with Crippen LogP contribution in [0.15, 0.2) is 24.3 Å². The van der Waals surface area contributed by atoms with Crippen LogP contribution in [-0.4, -0.2) is 30.2 Å². The van der Waals surface area contributed by atoms with E-state index in [1.807, 2.05) is 6.07 Å². The first kappa shape index (κ1) is 13.7. The van der Waals surface area contributed by atoms with E-state index < -0.39 is 12.6 Å². The third-order valence-corrected chi connectivity index (χ3v) is 2.03. The molecule has 0 aliphatic heterocycles. The molecular weight excluding hydrogens is 236 g/mol. The number of carboxylic acid groups (broad SMARTS) is 1. The van der Waals surface area contributed by atoms with Crippen molar-refractivity contribution in [2.24, 2.45) is 0 Å². The van der Waals surface area contributed by atoms with Crippen LogP contribution in [0.25, 0.3) is 0 Å². The fourth-order valence-electron chi connectivity index (χ4n) is 1.18. The van der Waals surface area contributed by atoms with Crippen LogP contribution in [0.2, 0.25) is 0 Å². The second-order valence-corrected chi connectivity index (χ2v) is 3.47. The van der Waals surface area contributed by atoms with Crippen LogP contribution >= 0.6 is 0 Å². The smallest absolute Gasteiger partial charge is 0.329 e. The summed E-state index contributed by atoms with van der Waals surface area (Å²) in [4.78, 5) is 21.4. The molecule has 6 nitrogen and oxygen atoms in total. The number of hydrogen-bond acceptors (Lipinski definition) is 4. The molecule has 0 aliphatic carbocycles. The Kier molecular flexibility index (Phi) is 5.35. The number of aliphatic carboxylic acids is 1. The number of ether oxygens (including phenoxy) is 1. The van der Waals surface area contributed by atoms with E-state index in [2.05, 4.69) is 10.1 Å². The van der Waals surface area contributed by atoms with Gasteiger partial charge in [0.1, 0.15) is 13.2 Å². The Hall–Kier alpha value is -2.39. The van der Waals surface area contributed by atoms with Crippen LogP contribution in [0, 0.1) is 11.3 Å². The van der Waals surface area contributed by atoms with Crippen molar-refractivity contribution in [3.63, 3.8) is 0 Å². The van der Waals surface area contributed by atoms with Crippen LogP contribution in [0.5, 0.6) is 0 Å². The highest BCUT2D eigenvalue weighted by atomic mass is 16.5. The lowest BCUT2D eigenvalue weighted by molar-refractivity contribution is -0.143. The minimum Gasteiger partial charge on any atom is -0.480 e. The summed E-state index contributed by atoms with van der Waals surface area (Å²) < 4.78 is 4.63. The third kappa shape index (κ3) is 5.09.